The summed E-state index contributed by atoms with van der Waals surface area (Å²) in [6, 6.07) is 17.3. The lowest BCUT2D eigenvalue weighted by Gasteiger charge is -2.44. The molecule has 0 spiro atoms. The van der Waals surface area contributed by atoms with E-state index in [-0.39, 0.29) is 13.2 Å². The van der Waals surface area contributed by atoms with Crippen molar-refractivity contribution >= 4 is 33.6 Å². The molecule has 11 nitrogen and oxygen atoms in total. The summed E-state index contributed by atoms with van der Waals surface area (Å²) in [6.07, 6.45) is -4.59. The molecule has 1 saturated heterocycles. The van der Waals surface area contributed by atoms with Crippen LogP contribution in [0.25, 0.3) is 0 Å². The average molecular weight is 562 g/mol. The Kier molecular flexibility index (Phi) is 11.3. The largest absolute Gasteiger partial charge is 0.475 e. The fraction of sp³-hybridized carbons (Fsp3) is 0.423. The van der Waals surface area contributed by atoms with E-state index < -0.39 is 62.8 Å². The highest BCUT2D eigenvalue weighted by molar-refractivity contribution is 7.48. The SMILES string of the molecule is B[C@H]1OC(COP(=O)(OCc2ccccc2)OCc2ccccc2)[C@@H](OC(C)=O)C(OC(C)=O)C1OC(C)=O. The fourth-order valence-corrected chi connectivity index (χ4v) is 5.14. The number of benzene rings is 2. The van der Waals surface area contributed by atoms with Gasteiger partial charge in [0.15, 0.2) is 18.3 Å². The Balaban J connectivity index is 1.81. The van der Waals surface area contributed by atoms with E-state index in [4.69, 9.17) is 32.5 Å². The average Bonchev–Trinajstić information content (AvgIpc) is 2.90. The standard InChI is InChI=1S/C26H32BO11P/c1-17(28)35-23-22(38-26(27)25(37-19(3)30)24(23)36-18(2)29)16-34-39(31,32-14-20-10-6-4-7-11-20)33-15-21-12-8-5-9-13-21/h4-13,22-26H,14-16,27H2,1-3H3/t22?,23-,24?,25?,26+/m1/s1. The van der Waals surface area contributed by atoms with Gasteiger partial charge in [0.1, 0.15) is 14.0 Å². The Morgan fingerprint density at radius 1 is 0.718 bits per heavy atom. The van der Waals surface area contributed by atoms with Gasteiger partial charge in [0, 0.05) is 20.8 Å². The van der Waals surface area contributed by atoms with Gasteiger partial charge < -0.3 is 18.9 Å². The number of hydrogen-bond acceptors (Lipinski definition) is 11. The minimum Gasteiger partial charge on any atom is -0.456 e. The summed E-state index contributed by atoms with van der Waals surface area (Å²) < 4.78 is 52.7. The first-order chi connectivity index (χ1) is 18.6. The molecule has 1 heterocycles. The monoisotopic (exact) mass is 562 g/mol. The summed E-state index contributed by atoms with van der Waals surface area (Å²) in [6.45, 7) is 2.98. The highest BCUT2D eigenvalue weighted by Gasteiger charge is 2.50. The minimum absolute atomic E-state index is 0.0627. The quantitative estimate of drug-likeness (QED) is 0.164. The lowest BCUT2D eigenvalue weighted by molar-refractivity contribution is -0.237. The van der Waals surface area contributed by atoms with Crippen molar-refractivity contribution in [3.8, 4) is 0 Å². The highest BCUT2D eigenvalue weighted by atomic mass is 31.2. The van der Waals surface area contributed by atoms with E-state index >= 15 is 0 Å². The maximum Gasteiger partial charge on any atom is 0.475 e. The van der Waals surface area contributed by atoms with Crippen LogP contribution in [0.5, 0.6) is 0 Å². The second-order valence-electron chi connectivity index (χ2n) is 8.86. The van der Waals surface area contributed by atoms with Crippen LogP contribution >= 0.6 is 7.82 Å². The maximum atomic E-state index is 13.7. The van der Waals surface area contributed by atoms with Crippen LogP contribution in [0.1, 0.15) is 31.9 Å². The molecule has 1 fully saturated rings. The van der Waals surface area contributed by atoms with Gasteiger partial charge in [0.05, 0.1) is 25.8 Å². The number of esters is 3. The first-order valence-corrected chi connectivity index (χ1v) is 13.8. The predicted molar refractivity (Wildman–Crippen MR) is 140 cm³/mol. The van der Waals surface area contributed by atoms with Gasteiger partial charge in [-0.1, -0.05) is 60.7 Å². The van der Waals surface area contributed by atoms with E-state index in [1.165, 1.54) is 20.8 Å². The number of phosphoric ester groups is 1. The number of carbonyl (C=O) groups excluding carboxylic acids is 3. The van der Waals surface area contributed by atoms with Crippen molar-refractivity contribution in [1.29, 1.82) is 0 Å². The molecule has 5 atom stereocenters. The summed E-state index contributed by atoms with van der Waals surface area (Å²) >= 11 is 0. The smallest absolute Gasteiger partial charge is 0.456 e. The first-order valence-electron chi connectivity index (χ1n) is 12.3. The van der Waals surface area contributed by atoms with Gasteiger partial charge in [-0.05, 0) is 11.1 Å². The Morgan fingerprint density at radius 3 is 1.62 bits per heavy atom. The molecule has 1 aliphatic rings. The van der Waals surface area contributed by atoms with E-state index in [9.17, 15) is 18.9 Å². The molecule has 2 aromatic carbocycles. The van der Waals surface area contributed by atoms with Gasteiger partial charge in [-0.2, -0.15) is 0 Å². The van der Waals surface area contributed by atoms with Crippen molar-refractivity contribution in [2.24, 2.45) is 0 Å². The normalized spacial score (nSPS) is 23.0. The molecule has 0 bridgehead atoms. The summed E-state index contributed by atoms with van der Waals surface area (Å²) in [4.78, 5) is 35.5. The van der Waals surface area contributed by atoms with E-state index in [2.05, 4.69) is 0 Å². The summed E-state index contributed by atoms with van der Waals surface area (Å²) in [5.41, 5.74) is 1.48. The second kappa shape index (κ2) is 14.4. The number of rotatable bonds is 12. The molecule has 3 rings (SSSR count). The summed E-state index contributed by atoms with van der Waals surface area (Å²) in [5.74, 6) is -2.03. The van der Waals surface area contributed by atoms with Gasteiger partial charge >= 0.3 is 25.7 Å². The molecule has 0 amide bonds. The molecule has 0 N–H and O–H groups in total. The maximum absolute atomic E-state index is 13.7. The van der Waals surface area contributed by atoms with E-state index in [1.807, 2.05) is 36.4 Å². The third-order valence-corrected chi connectivity index (χ3v) is 6.99. The number of carbonyl (C=O) groups is 3. The third-order valence-electron chi connectivity index (χ3n) is 5.63. The van der Waals surface area contributed by atoms with E-state index in [0.29, 0.717) is 0 Å². The van der Waals surface area contributed by atoms with Crippen molar-refractivity contribution in [3.05, 3.63) is 71.8 Å². The molecule has 2 aromatic rings. The topological polar surface area (TPSA) is 133 Å². The zero-order chi connectivity index (χ0) is 28.4. The Morgan fingerprint density at radius 2 is 1.15 bits per heavy atom. The molecule has 1 aliphatic heterocycles. The Hall–Kier alpha value is -3.02. The Bertz CT molecular complexity index is 1100. The van der Waals surface area contributed by atoms with Crippen molar-refractivity contribution in [2.45, 2.75) is 64.4 Å². The van der Waals surface area contributed by atoms with Crippen LogP contribution in [0.4, 0.5) is 0 Å². The van der Waals surface area contributed by atoms with Crippen molar-refractivity contribution in [3.63, 3.8) is 0 Å². The van der Waals surface area contributed by atoms with Crippen LogP contribution in [0.2, 0.25) is 0 Å². The molecule has 210 valence electrons. The third kappa shape index (κ3) is 9.59. The van der Waals surface area contributed by atoms with Gasteiger partial charge in [0.25, 0.3) is 0 Å². The van der Waals surface area contributed by atoms with Crippen LogP contribution in [0, 0.1) is 0 Å². The minimum atomic E-state index is -4.20. The predicted octanol–water partition coefficient (Wildman–Crippen LogP) is 2.70. The molecular formula is C26H32BO11P. The van der Waals surface area contributed by atoms with Crippen molar-refractivity contribution in [1.82, 2.24) is 0 Å². The molecule has 39 heavy (non-hydrogen) atoms. The van der Waals surface area contributed by atoms with Crippen LogP contribution < -0.4 is 0 Å². The van der Waals surface area contributed by atoms with Crippen molar-refractivity contribution < 1.29 is 51.5 Å². The number of ether oxygens (including phenoxy) is 4. The second-order valence-corrected chi connectivity index (χ2v) is 10.5. The zero-order valence-corrected chi connectivity index (χ0v) is 23.1. The van der Waals surface area contributed by atoms with E-state index in [1.54, 1.807) is 32.1 Å². The molecule has 3 unspecified atom stereocenters. The van der Waals surface area contributed by atoms with Gasteiger partial charge in [-0.3, -0.25) is 28.0 Å². The van der Waals surface area contributed by atoms with E-state index in [0.717, 1.165) is 11.1 Å². The molecule has 0 aromatic heterocycles. The van der Waals surface area contributed by atoms with Crippen molar-refractivity contribution in [2.75, 3.05) is 6.61 Å². The van der Waals surface area contributed by atoms with Crippen LogP contribution in [-0.2, 0) is 64.7 Å². The molecule has 0 radical (unpaired) electrons. The zero-order valence-electron chi connectivity index (χ0n) is 22.2. The molecule has 0 saturated carbocycles. The first kappa shape index (κ1) is 30.5. The number of hydrogen-bond donors (Lipinski definition) is 0. The van der Waals surface area contributed by atoms with Crippen LogP contribution in [-0.4, -0.2) is 62.8 Å². The van der Waals surface area contributed by atoms with Crippen LogP contribution in [0.3, 0.4) is 0 Å². The molecule has 0 aliphatic carbocycles. The lowest BCUT2D eigenvalue weighted by Crippen LogP contribution is -2.62. The summed E-state index contributed by atoms with van der Waals surface area (Å²) in [7, 11) is -2.60. The molecular weight excluding hydrogens is 530 g/mol. The summed E-state index contributed by atoms with van der Waals surface area (Å²) in [5, 5.41) is 0. The lowest BCUT2D eigenvalue weighted by atomic mass is 9.84. The molecule has 13 heteroatoms. The highest BCUT2D eigenvalue weighted by Crippen LogP contribution is 2.51. The van der Waals surface area contributed by atoms with Gasteiger partial charge in [0.2, 0.25) is 0 Å². The Labute approximate surface area is 228 Å². The van der Waals surface area contributed by atoms with Gasteiger partial charge in [-0.15, -0.1) is 0 Å². The fourth-order valence-electron chi connectivity index (χ4n) is 3.98. The number of phosphoric acid groups is 1. The van der Waals surface area contributed by atoms with Crippen LogP contribution in [0.15, 0.2) is 60.7 Å². The van der Waals surface area contributed by atoms with Gasteiger partial charge in [-0.25, -0.2) is 4.57 Å².